The molecule has 0 saturated heterocycles. The van der Waals surface area contributed by atoms with Crippen molar-refractivity contribution in [3.63, 3.8) is 0 Å². The average Bonchev–Trinajstić information content (AvgIpc) is 3.39. The van der Waals surface area contributed by atoms with E-state index in [0.29, 0.717) is 11.4 Å². The second kappa shape index (κ2) is 7.64. The summed E-state index contributed by atoms with van der Waals surface area (Å²) in [6.07, 6.45) is 4.34. The van der Waals surface area contributed by atoms with E-state index >= 15 is 0 Å². The molecule has 0 fully saturated rings. The summed E-state index contributed by atoms with van der Waals surface area (Å²) in [7, 11) is 0. The maximum atomic E-state index is 14.7. The van der Waals surface area contributed by atoms with Gasteiger partial charge in [-0.15, -0.1) is 5.10 Å². The number of aromatic nitrogens is 6. The molecule has 0 spiro atoms. The summed E-state index contributed by atoms with van der Waals surface area (Å²) in [5.74, 6) is -1.61. The number of nitrogens with zero attached hydrogens (tertiary/aromatic N) is 6. The lowest BCUT2D eigenvalue weighted by atomic mass is 9.86. The van der Waals surface area contributed by atoms with Crippen molar-refractivity contribution in [3.05, 3.63) is 78.5 Å². The zero-order valence-corrected chi connectivity index (χ0v) is 16.0. The van der Waals surface area contributed by atoms with E-state index in [1.165, 1.54) is 28.1 Å². The van der Waals surface area contributed by atoms with Gasteiger partial charge in [0.1, 0.15) is 35.6 Å². The highest BCUT2D eigenvalue weighted by Gasteiger charge is 2.41. The molecule has 0 aliphatic heterocycles. The monoisotopic (exact) mass is 411 g/mol. The van der Waals surface area contributed by atoms with Gasteiger partial charge in [0.25, 0.3) is 0 Å². The molecule has 8 nitrogen and oxygen atoms in total. The van der Waals surface area contributed by atoms with Crippen molar-refractivity contribution in [2.45, 2.75) is 25.1 Å². The van der Waals surface area contributed by atoms with Crippen LogP contribution >= 0.6 is 0 Å². The molecule has 0 unspecified atom stereocenters. The Kier molecular flexibility index (Phi) is 5.00. The lowest BCUT2D eigenvalue weighted by Crippen LogP contribution is -2.41. The first-order valence-electron chi connectivity index (χ1n) is 9.15. The van der Waals surface area contributed by atoms with Crippen molar-refractivity contribution in [1.82, 2.24) is 29.8 Å². The number of nitrogens with two attached hydrogens (primary N) is 1. The van der Waals surface area contributed by atoms with E-state index < -0.39 is 23.3 Å². The predicted octanol–water partition coefficient (Wildman–Crippen LogP) is 2.55. The third-order valence-corrected chi connectivity index (χ3v) is 5.05. The molecular weight excluding hydrogens is 392 g/mol. The van der Waals surface area contributed by atoms with Crippen LogP contribution < -0.4 is 5.73 Å². The van der Waals surface area contributed by atoms with Crippen molar-refractivity contribution in [2.75, 3.05) is 5.73 Å². The Morgan fingerprint density at radius 1 is 1.20 bits per heavy atom. The molecule has 4 rings (SSSR count). The van der Waals surface area contributed by atoms with Crippen LogP contribution in [0.4, 0.5) is 14.5 Å². The molecule has 2 atom stereocenters. The van der Waals surface area contributed by atoms with Crippen molar-refractivity contribution in [2.24, 2.45) is 0 Å². The number of anilines is 1. The maximum Gasteiger partial charge on any atom is 0.137 e. The van der Waals surface area contributed by atoms with E-state index in [1.54, 1.807) is 31.3 Å². The van der Waals surface area contributed by atoms with E-state index in [1.807, 2.05) is 6.07 Å². The Hall–Kier alpha value is -3.66. The van der Waals surface area contributed by atoms with Gasteiger partial charge in [0.05, 0.1) is 18.8 Å². The van der Waals surface area contributed by atoms with Gasteiger partial charge in [-0.25, -0.2) is 23.1 Å². The summed E-state index contributed by atoms with van der Waals surface area (Å²) in [6.45, 7) is 1.53. The number of hydrogen-bond donors (Lipinski definition) is 2. The first-order chi connectivity index (χ1) is 14.4. The maximum absolute atomic E-state index is 14.7. The minimum Gasteiger partial charge on any atom is -0.399 e. The first-order valence-corrected chi connectivity index (χ1v) is 9.15. The number of rotatable bonds is 6. The minimum atomic E-state index is -1.83. The first kappa shape index (κ1) is 19.6. The molecule has 0 aliphatic carbocycles. The lowest BCUT2D eigenvalue weighted by Gasteiger charge is -2.34. The number of benzene rings is 2. The van der Waals surface area contributed by atoms with Gasteiger partial charge in [-0.3, -0.25) is 0 Å². The topological polar surface area (TPSA) is 108 Å². The van der Waals surface area contributed by atoms with Gasteiger partial charge in [0.15, 0.2) is 0 Å². The molecule has 2 aromatic heterocycles. The van der Waals surface area contributed by atoms with Crippen molar-refractivity contribution >= 4 is 5.69 Å². The number of halogens is 2. The quantitative estimate of drug-likeness (QED) is 0.472. The zero-order valence-electron chi connectivity index (χ0n) is 16.0. The molecule has 2 heterocycles. The smallest absolute Gasteiger partial charge is 0.137 e. The molecule has 3 N–H and O–H groups in total. The normalized spacial score (nSPS) is 14.4. The molecule has 2 aromatic carbocycles. The van der Waals surface area contributed by atoms with Crippen LogP contribution in [0.3, 0.4) is 0 Å². The van der Waals surface area contributed by atoms with Crippen LogP contribution in [-0.4, -0.2) is 34.9 Å². The van der Waals surface area contributed by atoms with Gasteiger partial charge < -0.3 is 10.8 Å². The summed E-state index contributed by atoms with van der Waals surface area (Å²) in [5, 5.41) is 23.9. The van der Waals surface area contributed by atoms with Crippen molar-refractivity contribution < 1.29 is 13.9 Å². The Labute approximate surface area is 170 Å². The fourth-order valence-electron chi connectivity index (χ4n) is 3.36. The molecule has 0 aliphatic rings. The summed E-state index contributed by atoms with van der Waals surface area (Å²) in [5.41, 5.74) is 5.78. The van der Waals surface area contributed by atoms with Gasteiger partial charge >= 0.3 is 0 Å². The molecule has 154 valence electrons. The van der Waals surface area contributed by atoms with E-state index in [-0.39, 0.29) is 12.1 Å². The second-order valence-electron chi connectivity index (χ2n) is 7.03. The van der Waals surface area contributed by atoms with Gasteiger partial charge in [0, 0.05) is 22.9 Å². The third-order valence-electron chi connectivity index (χ3n) is 5.05. The van der Waals surface area contributed by atoms with Crippen LogP contribution in [0.15, 0.2) is 61.3 Å². The molecule has 0 radical (unpaired) electrons. The minimum absolute atomic E-state index is 0.0899. The van der Waals surface area contributed by atoms with Crippen LogP contribution in [0.1, 0.15) is 18.5 Å². The highest BCUT2D eigenvalue weighted by Crippen LogP contribution is 2.36. The Morgan fingerprint density at radius 2 is 2.03 bits per heavy atom. The van der Waals surface area contributed by atoms with Crippen molar-refractivity contribution in [1.29, 1.82) is 0 Å². The fraction of sp³-hybridized carbons (Fsp3) is 0.200. The fourth-order valence-corrected chi connectivity index (χ4v) is 3.36. The largest absolute Gasteiger partial charge is 0.399 e. The molecule has 0 amide bonds. The van der Waals surface area contributed by atoms with E-state index in [4.69, 9.17) is 5.73 Å². The van der Waals surface area contributed by atoms with Crippen LogP contribution in [0.2, 0.25) is 0 Å². The summed E-state index contributed by atoms with van der Waals surface area (Å²) in [4.78, 5) is 3.86. The third kappa shape index (κ3) is 3.64. The van der Waals surface area contributed by atoms with E-state index in [9.17, 15) is 13.9 Å². The summed E-state index contributed by atoms with van der Waals surface area (Å²) >= 11 is 0. The number of nitrogen functional groups attached to an aromatic ring is 1. The van der Waals surface area contributed by atoms with Gasteiger partial charge in [0.2, 0.25) is 0 Å². The number of hydrogen-bond acceptors (Lipinski definition) is 6. The summed E-state index contributed by atoms with van der Waals surface area (Å²) in [6, 6.07) is 9.38. The van der Waals surface area contributed by atoms with Gasteiger partial charge in [-0.2, -0.15) is 5.10 Å². The molecule has 30 heavy (non-hydrogen) atoms. The Bertz CT molecular complexity index is 1160. The Morgan fingerprint density at radius 3 is 2.73 bits per heavy atom. The predicted molar refractivity (Wildman–Crippen MR) is 105 cm³/mol. The highest BCUT2D eigenvalue weighted by molar-refractivity contribution is 5.62. The van der Waals surface area contributed by atoms with E-state index in [0.717, 1.165) is 17.7 Å². The molecule has 10 heteroatoms. The second-order valence-corrected chi connectivity index (χ2v) is 7.03. The van der Waals surface area contributed by atoms with Crippen LogP contribution in [-0.2, 0) is 12.1 Å². The average molecular weight is 411 g/mol. The molecule has 4 aromatic rings. The van der Waals surface area contributed by atoms with Crippen LogP contribution in [0.5, 0.6) is 0 Å². The van der Waals surface area contributed by atoms with E-state index in [2.05, 4.69) is 20.4 Å². The van der Waals surface area contributed by atoms with Crippen LogP contribution in [0.25, 0.3) is 11.3 Å². The summed E-state index contributed by atoms with van der Waals surface area (Å²) < 4.78 is 30.9. The molecular formula is C20H19F2N7O. The SMILES string of the molecule is C[C@@H](n1cc(-c2cccc(N)c2)nn1)[C@](O)(Cn1cncn1)c1ccc(F)cc1F. The zero-order chi connectivity index (χ0) is 21.3. The standard InChI is InChI=1S/C20H19F2N7O/c1-13(29-9-19(26-27-29)14-3-2-4-16(23)7-14)20(30,10-28-12-24-11-25-28)17-6-5-15(21)8-18(17)22/h2-9,11-13,30H,10,23H2,1H3/t13-,20-/m1/s1. The van der Waals surface area contributed by atoms with Crippen molar-refractivity contribution in [3.8, 4) is 11.3 Å². The number of aliphatic hydroxyl groups is 1. The van der Waals surface area contributed by atoms with Gasteiger partial charge in [-0.05, 0) is 25.1 Å². The van der Waals surface area contributed by atoms with Crippen LogP contribution in [0, 0.1) is 11.6 Å². The Balaban J connectivity index is 1.75. The van der Waals surface area contributed by atoms with Gasteiger partial charge in [-0.1, -0.05) is 23.4 Å². The lowest BCUT2D eigenvalue weighted by molar-refractivity contribution is -0.0374. The highest BCUT2D eigenvalue weighted by atomic mass is 19.1. The molecule has 0 saturated carbocycles. The molecule has 0 bridgehead atoms.